The van der Waals surface area contributed by atoms with Crippen LogP contribution in [0.25, 0.3) is 0 Å². The predicted octanol–water partition coefficient (Wildman–Crippen LogP) is 1.73. The monoisotopic (exact) mass is 537 g/mol. The highest BCUT2D eigenvalue weighted by Crippen LogP contribution is 2.33. The van der Waals surface area contributed by atoms with Crippen LogP contribution < -0.4 is 21.5 Å². The summed E-state index contributed by atoms with van der Waals surface area (Å²) < 4.78 is 5.31. The zero-order valence-electron chi connectivity index (χ0n) is 22.3. The fourth-order valence-corrected chi connectivity index (χ4v) is 5.43. The first-order valence-corrected chi connectivity index (χ1v) is 13.9. The first-order chi connectivity index (χ1) is 17.3. The van der Waals surface area contributed by atoms with Crippen LogP contribution in [0.15, 0.2) is 11.0 Å². The number of nitrogens with one attached hydrogen (secondary N) is 4. The number of hydrogen-bond donors (Lipinski definition) is 4. The molecule has 1 aliphatic carbocycles. The third kappa shape index (κ3) is 7.18. The largest absolute Gasteiger partial charge is 0.444 e. The van der Waals surface area contributed by atoms with Crippen molar-refractivity contribution in [3.05, 3.63) is 11.0 Å². The number of rotatable bonds is 7. The minimum absolute atomic E-state index is 0.232. The molecule has 37 heavy (non-hydrogen) atoms. The number of allylic oxidation sites excluding steroid dienone is 1. The van der Waals surface area contributed by atoms with Crippen molar-refractivity contribution in [2.45, 2.75) is 96.4 Å². The summed E-state index contributed by atoms with van der Waals surface area (Å²) in [7, 11) is 0. The molecule has 0 aromatic rings. The quantitative estimate of drug-likeness (QED) is 0.362. The molecule has 1 saturated carbocycles. The molecule has 0 aromatic heterocycles. The molecule has 3 aliphatic rings. The lowest BCUT2D eigenvalue weighted by Gasteiger charge is -2.42. The third-order valence-electron chi connectivity index (χ3n) is 6.67. The second-order valence-corrected chi connectivity index (χ2v) is 12.2. The first kappa shape index (κ1) is 28.8. The molecule has 5 amide bonds. The van der Waals surface area contributed by atoms with Gasteiger partial charge in [0, 0.05) is 12.3 Å². The van der Waals surface area contributed by atoms with Crippen LogP contribution in [0, 0.1) is 5.92 Å². The van der Waals surface area contributed by atoms with Crippen molar-refractivity contribution in [3.8, 4) is 0 Å². The Morgan fingerprint density at radius 1 is 1.11 bits per heavy atom. The fourth-order valence-electron chi connectivity index (χ4n) is 4.56. The van der Waals surface area contributed by atoms with Crippen LogP contribution in [-0.4, -0.2) is 70.1 Å². The number of nitrogens with zero attached hydrogens (tertiary/aromatic N) is 1. The van der Waals surface area contributed by atoms with E-state index in [1.54, 1.807) is 20.8 Å². The molecule has 4 N–H and O–H groups in total. The fraction of sp³-hybridized carbons (Fsp3) is 0.720. The van der Waals surface area contributed by atoms with Gasteiger partial charge >= 0.3 is 6.09 Å². The number of thioether (sulfide) groups is 1. The van der Waals surface area contributed by atoms with Gasteiger partial charge in [-0.25, -0.2) is 4.79 Å². The summed E-state index contributed by atoms with van der Waals surface area (Å²) in [4.78, 5) is 66.3. The van der Waals surface area contributed by atoms with E-state index in [0.717, 1.165) is 18.6 Å². The van der Waals surface area contributed by atoms with Crippen molar-refractivity contribution in [1.29, 1.82) is 0 Å². The average molecular weight is 538 g/mol. The summed E-state index contributed by atoms with van der Waals surface area (Å²) in [5, 5.41) is 5.52. The van der Waals surface area contributed by atoms with E-state index in [-0.39, 0.29) is 17.7 Å². The van der Waals surface area contributed by atoms with E-state index in [4.69, 9.17) is 4.74 Å². The Labute approximate surface area is 222 Å². The Kier molecular flexibility index (Phi) is 9.14. The topological polar surface area (TPSA) is 146 Å². The Morgan fingerprint density at radius 2 is 1.81 bits per heavy atom. The number of hydrogen-bond acceptors (Lipinski definition) is 7. The molecule has 2 fully saturated rings. The van der Waals surface area contributed by atoms with E-state index in [1.165, 1.54) is 16.7 Å². The normalized spacial score (nSPS) is 21.4. The molecule has 11 nitrogen and oxygen atoms in total. The number of carbonyl (C=O) groups excluding carboxylic acids is 5. The van der Waals surface area contributed by atoms with Gasteiger partial charge < -0.3 is 20.3 Å². The minimum atomic E-state index is -1.13. The molecule has 12 heteroatoms. The van der Waals surface area contributed by atoms with E-state index < -0.39 is 41.1 Å². The Morgan fingerprint density at radius 3 is 2.35 bits per heavy atom. The van der Waals surface area contributed by atoms with Gasteiger partial charge in [0.05, 0.1) is 4.91 Å². The molecule has 2 heterocycles. The third-order valence-corrected chi connectivity index (χ3v) is 7.77. The van der Waals surface area contributed by atoms with Crippen LogP contribution in [0.4, 0.5) is 4.79 Å². The lowest BCUT2D eigenvalue weighted by atomic mass is 9.76. The average Bonchev–Trinajstić information content (AvgIpc) is 3.48. The highest BCUT2D eigenvalue weighted by atomic mass is 32.2. The van der Waals surface area contributed by atoms with Crippen molar-refractivity contribution in [2.75, 3.05) is 12.3 Å². The van der Waals surface area contributed by atoms with E-state index in [2.05, 4.69) is 21.5 Å². The first-order valence-electron chi connectivity index (χ1n) is 12.9. The van der Waals surface area contributed by atoms with Gasteiger partial charge in [-0.1, -0.05) is 19.9 Å². The van der Waals surface area contributed by atoms with Gasteiger partial charge in [-0.05, 0) is 65.2 Å². The molecular formula is C25H39N5O6S. The lowest BCUT2D eigenvalue weighted by Crippen LogP contribution is -2.67. The van der Waals surface area contributed by atoms with Crippen LogP contribution in [0.2, 0.25) is 0 Å². The maximum atomic E-state index is 13.4. The van der Waals surface area contributed by atoms with Crippen molar-refractivity contribution >= 4 is 41.5 Å². The summed E-state index contributed by atoms with van der Waals surface area (Å²) in [6, 6.07) is -1.61. The van der Waals surface area contributed by atoms with E-state index in [1.807, 2.05) is 19.9 Å². The van der Waals surface area contributed by atoms with Crippen molar-refractivity contribution in [3.63, 3.8) is 0 Å². The number of ether oxygens (including phenoxy) is 1. The SMILES string of the molecule is CC(C)[C@H](NC(=O)OC(C)(C)C)C(=O)N1CCC[C@H]1C(=O)NC1(C(=O)NNC(=O)C2=CCCS2)CCC1. The van der Waals surface area contributed by atoms with Crippen molar-refractivity contribution in [2.24, 2.45) is 5.92 Å². The number of alkyl carbamates (subject to hydrolysis) is 1. The molecule has 0 bridgehead atoms. The van der Waals surface area contributed by atoms with Crippen LogP contribution in [0.1, 0.15) is 73.1 Å². The summed E-state index contributed by atoms with van der Waals surface area (Å²) >= 11 is 1.43. The number of hydrazine groups is 1. The van der Waals surface area contributed by atoms with E-state index in [0.29, 0.717) is 37.1 Å². The van der Waals surface area contributed by atoms with Crippen LogP contribution >= 0.6 is 11.8 Å². The molecule has 2 atom stereocenters. The molecular weight excluding hydrogens is 498 g/mol. The zero-order chi connectivity index (χ0) is 27.4. The molecule has 2 aliphatic heterocycles. The summed E-state index contributed by atoms with van der Waals surface area (Å²) in [6.07, 6.45) is 4.65. The Balaban J connectivity index is 1.62. The lowest BCUT2D eigenvalue weighted by molar-refractivity contribution is -0.145. The number of likely N-dealkylation sites (tertiary alicyclic amines) is 1. The molecule has 0 radical (unpaired) electrons. The van der Waals surface area contributed by atoms with Gasteiger partial charge in [-0.15, -0.1) is 11.8 Å². The maximum Gasteiger partial charge on any atom is 0.408 e. The van der Waals surface area contributed by atoms with Crippen LogP contribution in [0.5, 0.6) is 0 Å². The highest BCUT2D eigenvalue weighted by molar-refractivity contribution is 8.04. The van der Waals surface area contributed by atoms with Gasteiger partial charge in [0.2, 0.25) is 11.8 Å². The predicted molar refractivity (Wildman–Crippen MR) is 139 cm³/mol. The second kappa shape index (κ2) is 11.7. The highest BCUT2D eigenvalue weighted by Gasteiger charge is 2.48. The summed E-state index contributed by atoms with van der Waals surface area (Å²) in [5.74, 6) is -1.03. The Hall–Kier alpha value is -2.76. The minimum Gasteiger partial charge on any atom is -0.444 e. The van der Waals surface area contributed by atoms with E-state index in [9.17, 15) is 24.0 Å². The van der Waals surface area contributed by atoms with Gasteiger partial charge in [0.25, 0.3) is 11.8 Å². The standard InChI is InChI=1S/C25H39N5O6S/c1-15(2)18(26-23(35)36-24(3,4)5)21(33)30-13-6-9-16(30)19(31)27-25(11-8-12-25)22(34)29-28-20(32)17-10-7-14-37-17/h10,15-16,18H,6-9,11-14H2,1-5H3,(H,26,35)(H,27,31)(H,28,32)(H,29,34)/t16-,18-/m0/s1. The molecule has 3 rings (SSSR count). The summed E-state index contributed by atoms with van der Waals surface area (Å²) in [5.41, 5.74) is 3.04. The molecule has 206 valence electrons. The van der Waals surface area contributed by atoms with Crippen molar-refractivity contribution < 1.29 is 28.7 Å². The number of amides is 5. The Bertz CT molecular complexity index is 956. The molecule has 0 aromatic carbocycles. The molecule has 0 unspecified atom stereocenters. The van der Waals surface area contributed by atoms with Crippen LogP contribution in [-0.2, 0) is 23.9 Å². The van der Waals surface area contributed by atoms with Gasteiger partial charge in [0.1, 0.15) is 23.2 Å². The van der Waals surface area contributed by atoms with Gasteiger partial charge in [-0.3, -0.25) is 30.0 Å². The molecule has 1 saturated heterocycles. The second-order valence-electron chi connectivity index (χ2n) is 11.1. The van der Waals surface area contributed by atoms with Gasteiger partial charge in [-0.2, -0.15) is 0 Å². The van der Waals surface area contributed by atoms with Crippen molar-refractivity contribution in [1.82, 2.24) is 26.4 Å². The zero-order valence-corrected chi connectivity index (χ0v) is 23.1. The van der Waals surface area contributed by atoms with Gasteiger partial charge in [0.15, 0.2) is 0 Å². The van der Waals surface area contributed by atoms with Crippen LogP contribution in [0.3, 0.4) is 0 Å². The maximum absolute atomic E-state index is 13.4. The number of carbonyl (C=O) groups is 5. The molecule has 0 spiro atoms. The summed E-state index contributed by atoms with van der Waals surface area (Å²) in [6.45, 7) is 9.21. The smallest absolute Gasteiger partial charge is 0.408 e. The van der Waals surface area contributed by atoms with E-state index >= 15 is 0 Å².